The molecule has 5 aliphatic rings. The SMILES string of the molecule is COC(=O)C1=CO[C@@H](O[C@@H]2O[C@H](CO)[C@@H](O)[C@H](O)[C@H]2O)[C@@H]2[C@@H]3CN4CCc5c([nH]c6ccccc56)[C@]4(C3)C[C@H]12. The van der Waals surface area contributed by atoms with Crippen molar-refractivity contribution in [1.82, 2.24) is 9.88 Å². The fraction of sp³-hybridized carbons (Fsp3) is 0.607. The van der Waals surface area contributed by atoms with E-state index in [2.05, 4.69) is 28.1 Å². The molecule has 2 aromatic rings. The summed E-state index contributed by atoms with van der Waals surface area (Å²) in [6.45, 7) is 1.14. The fourth-order valence-electron chi connectivity index (χ4n) is 7.95. The molecular weight excluding hydrogens is 508 g/mol. The van der Waals surface area contributed by atoms with E-state index >= 15 is 0 Å². The normalized spacial score (nSPS) is 41.3. The summed E-state index contributed by atoms with van der Waals surface area (Å²) in [4.78, 5) is 19.2. The molecule has 0 radical (unpaired) electrons. The van der Waals surface area contributed by atoms with Crippen LogP contribution in [0.4, 0.5) is 0 Å². The number of carbonyl (C=O) groups excluding carboxylic acids is 1. The quantitative estimate of drug-likeness (QED) is 0.336. The van der Waals surface area contributed by atoms with Crippen LogP contribution in [0.25, 0.3) is 10.9 Å². The lowest BCUT2D eigenvalue weighted by Crippen LogP contribution is -2.60. The molecule has 0 unspecified atom stereocenters. The molecular formula is C28H34N2O9. The van der Waals surface area contributed by atoms with Crippen LogP contribution in [-0.4, -0.2) is 100 Å². The van der Waals surface area contributed by atoms with Gasteiger partial charge >= 0.3 is 5.97 Å². The summed E-state index contributed by atoms with van der Waals surface area (Å²) >= 11 is 0. The lowest BCUT2D eigenvalue weighted by Gasteiger charge is -2.50. The maximum absolute atomic E-state index is 12.9. The Hall–Kier alpha value is -2.51. The average molecular weight is 543 g/mol. The number of aliphatic hydroxyl groups is 4. The average Bonchev–Trinajstić information content (AvgIpc) is 3.48. The Balaban J connectivity index is 1.25. The molecule has 3 fully saturated rings. The molecule has 4 aliphatic heterocycles. The molecule has 39 heavy (non-hydrogen) atoms. The van der Waals surface area contributed by atoms with Crippen molar-refractivity contribution in [3.63, 3.8) is 0 Å². The van der Waals surface area contributed by atoms with Crippen LogP contribution in [0.5, 0.6) is 0 Å². The van der Waals surface area contributed by atoms with Crippen molar-refractivity contribution in [2.24, 2.45) is 17.8 Å². The molecule has 1 saturated carbocycles. The van der Waals surface area contributed by atoms with Crippen LogP contribution in [0.1, 0.15) is 24.1 Å². The van der Waals surface area contributed by atoms with Gasteiger partial charge in [-0.05, 0) is 36.8 Å². The van der Waals surface area contributed by atoms with Gasteiger partial charge < -0.3 is 44.4 Å². The van der Waals surface area contributed by atoms with Gasteiger partial charge in [0.25, 0.3) is 0 Å². The first-order chi connectivity index (χ1) is 18.9. The number of hydrogen-bond acceptors (Lipinski definition) is 10. The number of ether oxygens (including phenoxy) is 4. The van der Waals surface area contributed by atoms with Crippen molar-refractivity contribution in [2.75, 3.05) is 26.8 Å². The lowest BCUT2D eigenvalue weighted by molar-refractivity contribution is -0.344. The number of aromatic nitrogens is 1. The van der Waals surface area contributed by atoms with Crippen molar-refractivity contribution in [3.05, 3.63) is 47.4 Å². The van der Waals surface area contributed by atoms with E-state index in [1.807, 2.05) is 6.07 Å². The third kappa shape index (κ3) is 3.65. The number of nitrogens with one attached hydrogen (secondary N) is 1. The number of esters is 1. The molecule has 210 valence electrons. The lowest BCUT2D eigenvalue weighted by atomic mass is 9.62. The van der Waals surface area contributed by atoms with Gasteiger partial charge in [0.05, 0.1) is 31.1 Å². The predicted molar refractivity (Wildman–Crippen MR) is 135 cm³/mol. The van der Waals surface area contributed by atoms with Crippen LogP contribution >= 0.6 is 0 Å². The predicted octanol–water partition coefficient (Wildman–Crippen LogP) is 0.107. The monoisotopic (exact) mass is 542 g/mol. The molecule has 2 bridgehead atoms. The van der Waals surface area contributed by atoms with Crippen molar-refractivity contribution in [3.8, 4) is 0 Å². The summed E-state index contributed by atoms with van der Waals surface area (Å²) < 4.78 is 22.9. The molecule has 5 N–H and O–H groups in total. The first kappa shape index (κ1) is 25.5. The van der Waals surface area contributed by atoms with Gasteiger partial charge in [0.2, 0.25) is 6.29 Å². The van der Waals surface area contributed by atoms with Gasteiger partial charge in [0.1, 0.15) is 24.4 Å². The van der Waals surface area contributed by atoms with E-state index < -0.39 is 49.6 Å². The van der Waals surface area contributed by atoms with Crippen LogP contribution < -0.4 is 0 Å². The first-order valence-electron chi connectivity index (χ1n) is 13.6. The second kappa shape index (κ2) is 9.27. The second-order valence-electron chi connectivity index (χ2n) is 11.5. The van der Waals surface area contributed by atoms with Gasteiger partial charge in [-0.25, -0.2) is 4.79 Å². The molecule has 2 saturated heterocycles. The van der Waals surface area contributed by atoms with E-state index in [0.717, 1.165) is 31.4 Å². The minimum atomic E-state index is -1.56. The summed E-state index contributed by atoms with van der Waals surface area (Å²) in [5.74, 6) is -0.847. The number of carbonyl (C=O) groups is 1. The summed E-state index contributed by atoms with van der Waals surface area (Å²) in [7, 11) is 1.35. The van der Waals surface area contributed by atoms with Crippen molar-refractivity contribution in [2.45, 2.75) is 61.8 Å². The topological polar surface area (TPSA) is 154 Å². The van der Waals surface area contributed by atoms with Gasteiger partial charge in [-0.3, -0.25) is 4.90 Å². The molecule has 1 aliphatic carbocycles. The Morgan fingerprint density at radius 1 is 1.15 bits per heavy atom. The Kier molecular flexibility index (Phi) is 6.05. The Labute approximate surface area is 224 Å². The zero-order valence-corrected chi connectivity index (χ0v) is 21.6. The minimum Gasteiger partial charge on any atom is -0.472 e. The van der Waals surface area contributed by atoms with E-state index in [1.165, 1.54) is 30.0 Å². The summed E-state index contributed by atoms with van der Waals surface area (Å²) in [5, 5.41) is 41.9. The van der Waals surface area contributed by atoms with Crippen LogP contribution in [0.3, 0.4) is 0 Å². The number of H-pyrrole nitrogens is 1. The van der Waals surface area contributed by atoms with Gasteiger partial charge in [-0.1, -0.05) is 18.2 Å². The number of aromatic amines is 1. The van der Waals surface area contributed by atoms with Crippen molar-refractivity contribution >= 4 is 16.9 Å². The van der Waals surface area contributed by atoms with E-state index in [0.29, 0.717) is 12.0 Å². The van der Waals surface area contributed by atoms with Crippen molar-refractivity contribution in [1.29, 1.82) is 0 Å². The molecule has 5 heterocycles. The van der Waals surface area contributed by atoms with Crippen molar-refractivity contribution < 1.29 is 44.2 Å². The third-order valence-electron chi connectivity index (χ3n) is 9.72. The first-order valence-corrected chi connectivity index (χ1v) is 13.6. The number of rotatable bonds is 4. The fourth-order valence-corrected chi connectivity index (χ4v) is 7.95. The van der Waals surface area contributed by atoms with Gasteiger partial charge in [0.15, 0.2) is 6.29 Å². The highest BCUT2D eigenvalue weighted by molar-refractivity contribution is 5.89. The number of hydrogen-bond donors (Lipinski definition) is 5. The van der Waals surface area contributed by atoms with Gasteiger partial charge in [-0.2, -0.15) is 0 Å². The zero-order valence-electron chi connectivity index (χ0n) is 21.6. The molecule has 1 aromatic carbocycles. The number of aliphatic hydroxyl groups excluding tert-OH is 4. The van der Waals surface area contributed by atoms with E-state index in [9.17, 15) is 25.2 Å². The minimum absolute atomic E-state index is 0.101. The number of nitrogens with zero attached hydrogens (tertiary/aromatic N) is 1. The molecule has 10 atom stereocenters. The number of methoxy groups -OCH3 is 1. The van der Waals surface area contributed by atoms with Crippen LogP contribution in [0.15, 0.2) is 36.1 Å². The van der Waals surface area contributed by atoms with E-state index in [4.69, 9.17) is 18.9 Å². The Bertz CT molecular complexity index is 1310. The second-order valence-corrected chi connectivity index (χ2v) is 11.5. The summed E-state index contributed by atoms with van der Waals surface area (Å²) in [6, 6.07) is 8.36. The molecule has 11 heteroatoms. The third-order valence-corrected chi connectivity index (χ3v) is 9.72. The van der Waals surface area contributed by atoms with Gasteiger partial charge in [0, 0.05) is 41.5 Å². The summed E-state index contributed by atoms with van der Waals surface area (Å²) in [6.07, 6.45) is -4.06. The molecule has 0 amide bonds. The highest BCUT2D eigenvalue weighted by Gasteiger charge is 2.62. The van der Waals surface area contributed by atoms with E-state index in [-0.39, 0.29) is 23.3 Å². The van der Waals surface area contributed by atoms with Gasteiger partial charge in [-0.15, -0.1) is 0 Å². The Morgan fingerprint density at radius 3 is 2.77 bits per heavy atom. The molecule has 1 aromatic heterocycles. The maximum atomic E-state index is 12.9. The highest BCUT2D eigenvalue weighted by atomic mass is 16.8. The molecule has 11 nitrogen and oxygen atoms in total. The number of benzene rings is 1. The Morgan fingerprint density at radius 2 is 1.97 bits per heavy atom. The molecule has 1 spiro atoms. The number of para-hydroxylation sites is 1. The van der Waals surface area contributed by atoms with Crippen LogP contribution in [-0.2, 0) is 35.7 Å². The number of fused-ring (bicyclic) bond motifs is 6. The maximum Gasteiger partial charge on any atom is 0.337 e. The smallest absolute Gasteiger partial charge is 0.337 e. The highest BCUT2D eigenvalue weighted by Crippen LogP contribution is 2.60. The van der Waals surface area contributed by atoms with Crippen LogP contribution in [0.2, 0.25) is 0 Å². The molecule has 7 rings (SSSR count). The van der Waals surface area contributed by atoms with E-state index in [1.54, 1.807) is 0 Å². The zero-order chi connectivity index (χ0) is 27.1. The van der Waals surface area contributed by atoms with Crippen LogP contribution in [0, 0.1) is 17.8 Å². The summed E-state index contributed by atoms with van der Waals surface area (Å²) in [5.41, 5.74) is 3.86. The largest absolute Gasteiger partial charge is 0.472 e. The standard InChI is InChI=1S/C28H34N2O9/c1-36-25(35)17-12-37-26(39-27-23(34)22(33)21(32)19(11-31)38-27)20-13-8-28(9-16(17)20)24-15(6-7-30(28)10-13)14-4-2-3-5-18(14)29-24/h2-5,12-13,16,19-23,26-27,29,31-34H,6-11H2,1H3/t13-,16+,19+,20+,21+,22-,23+,26-,27-,28-/m0/s1.